The first-order valence-corrected chi connectivity index (χ1v) is 40.1. The maximum absolute atomic E-state index is 13.0. The molecule has 0 aliphatic heterocycles. The topological polar surface area (TPSA) is 237 Å². The van der Waals surface area contributed by atoms with E-state index in [0.717, 1.165) is 116 Å². The summed E-state index contributed by atoms with van der Waals surface area (Å²) in [5.74, 6) is -2.16. The molecule has 19 heteroatoms. The van der Waals surface area contributed by atoms with E-state index < -0.39 is 97.5 Å². The lowest BCUT2D eigenvalue weighted by Gasteiger charge is -2.21. The van der Waals surface area contributed by atoms with Crippen molar-refractivity contribution in [2.24, 2.45) is 0 Å². The van der Waals surface area contributed by atoms with Crippen molar-refractivity contribution in [2.45, 2.75) is 373 Å². The number of phosphoric ester groups is 2. The highest BCUT2D eigenvalue weighted by Gasteiger charge is 2.30. The van der Waals surface area contributed by atoms with Crippen molar-refractivity contribution in [3.05, 3.63) is 24.3 Å². The molecule has 0 saturated heterocycles. The smallest absolute Gasteiger partial charge is 0.462 e. The van der Waals surface area contributed by atoms with E-state index in [4.69, 9.17) is 37.0 Å². The minimum absolute atomic E-state index is 0.102. The van der Waals surface area contributed by atoms with Crippen molar-refractivity contribution in [1.82, 2.24) is 0 Å². The zero-order chi connectivity index (χ0) is 66.8. The van der Waals surface area contributed by atoms with E-state index in [1.54, 1.807) is 0 Å². The molecular weight excluding hydrogens is 1200 g/mol. The summed E-state index contributed by atoms with van der Waals surface area (Å²) >= 11 is 0. The normalized spacial score (nSPS) is 14.1. The molecule has 0 rings (SSSR count). The van der Waals surface area contributed by atoms with Crippen LogP contribution >= 0.6 is 15.6 Å². The van der Waals surface area contributed by atoms with E-state index in [2.05, 4.69) is 52.0 Å². The lowest BCUT2D eigenvalue weighted by atomic mass is 10.0. The Morgan fingerprint density at radius 2 is 0.527 bits per heavy atom. The molecule has 0 radical (unpaired) electrons. The van der Waals surface area contributed by atoms with Crippen LogP contribution in [-0.4, -0.2) is 96.7 Å². The zero-order valence-electron chi connectivity index (χ0n) is 58.3. The second-order valence-corrected chi connectivity index (χ2v) is 28.2. The summed E-state index contributed by atoms with van der Waals surface area (Å²) in [6.07, 6.45) is 58.1. The van der Waals surface area contributed by atoms with Gasteiger partial charge in [-0.3, -0.25) is 37.3 Å². The molecular formula is C72H136O17P2. The van der Waals surface area contributed by atoms with Crippen LogP contribution in [0.15, 0.2) is 24.3 Å². The van der Waals surface area contributed by atoms with Gasteiger partial charge in [0, 0.05) is 25.7 Å². The van der Waals surface area contributed by atoms with E-state index in [-0.39, 0.29) is 25.7 Å². The first-order valence-electron chi connectivity index (χ1n) is 37.1. The molecule has 5 atom stereocenters. The van der Waals surface area contributed by atoms with Gasteiger partial charge in [0.05, 0.1) is 26.4 Å². The lowest BCUT2D eigenvalue weighted by Crippen LogP contribution is -2.30. The van der Waals surface area contributed by atoms with Crippen LogP contribution in [0.4, 0.5) is 0 Å². The molecule has 3 N–H and O–H groups in total. The number of aliphatic hydroxyl groups is 1. The highest BCUT2D eigenvalue weighted by atomic mass is 31.2. The van der Waals surface area contributed by atoms with E-state index in [9.17, 15) is 43.2 Å². The summed E-state index contributed by atoms with van der Waals surface area (Å²) < 4.78 is 68.1. The number of phosphoric acid groups is 2. The van der Waals surface area contributed by atoms with Crippen molar-refractivity contribution < 1.29 is 80.2 Å². The summed E-state index contributed by atoms with van der Waals surface area (Å²) in [6, 6.07) is 0. The van der Waals surface area contributed by atoms with Crippen LogP contribution in [-0.2, 0) is 65.4 Å². The molecule has 0 heterocycles. The predicted molar refractivity (Wildman–Crippen MR) is 368 cm³/mol. The number of esters is 4. The number of rotatable bonds is 71. The SMILES string of the molecule is CCCCCC/C=C\C=C/CCCCCCCC(=O)OC[C@H](COP(=O)(O)OC[C@@H](O)COP(=O)(O)OC[C@@H](COC(=O)CCCCCCC)OC(=O)CCCCCCCCCCCCCC)OC(=O)CCCCCCCCCCCCCCCCCCCCC. The van der Waals surface area contributed by atoms with Gasteiger partial charge < -0.3 is 33.8 Å². The molecule has 0 aromatic heterocycles. The quantitative estimate of drug-likeness (QED) is 0.0169. The van der Waals surface area contributed by atoms with Crippen LogP contribution in [0.2, 0.25) is 0 Å². The molecule has 17 nitrogen and oxygen atoms in total. The van der Waals surface area contributed by atoms with Gasteiger partial charge in [0.2, 0.25) is 0 Å². The number of ether oxygens (including phenoxy) is 4. The zero-order valence-corrected chi connectivity index (χ0v) is 60.1. The van der Waals surface area contributed by atoms with Gasteiger partial charge >= 0.3 is 39.5 Å². The summed E-state index contributed by atoms with van der Waals surface area (Å²) in [5.41, 5.74) is 0. The Balaban J connectivity index is 5.17. The number of carbonyl (C=O) groups is 4. The fraction of sp³-hybridized carbons (Fsp3) is 0.889. The third-order valence-corrected chi connectivity index (χ3v) is 18.1. The predicted octanol–water partition coefficient (Wildman–Crippen LogP) is 20.6. The lowest BCUT2D eigenvalue weighted by molar-refractivity contribution is -0.161. The molecule has 0 aromatic rings. The monoisotopic (exact) mass is 1330 g/mol. The third kappa shape index (κ3) is 66.0. The van der Waals surface area contributed by atoms with Gasteiger partial charge in [-0.2, -0.15) is 0 Å². The minimum atomic E-state index is -4.96. The largest absolute Gasteiger partial charge is 0.472 e. The second kappa shape index (κ2) is 66.2. The highest BCUT2D eigenvalue weighted by Crippen LogP contribution is 2.45. The van der Waals surface area contributed by atoms with Crippen molar-refractivity contribution >= 4 is 39.5 Å². The molecule has 0 aliphatic rings. The fourth-order valence-electron chi connectivity index (χ4n) is 10.5. The number of unbranched alkanes of at least 4 members (excludes halogenated alkanes) is 42. The molecule has 536 valence electrons. The highest BCUT2D eigenvalue weighted by molar-refractivity contribution is 7.47. The molecule has 0 aliphatic carbocycles. The van der Waals surface area contributed by atoms with Gasteiger partial charge in [-0.25, -0.2) is 9.13 Å². The Morgan fingerprint density at radius 1 is 0.308 bits per heavy atom. The number of hydrogen-bond acceptors (Lipinski definition) is 15. The first-order chi connectivity index (χ1) is 44.2. The number of hydrogen-bond donors (Lipinski definition) is 3. The van der Waals surface area contributed by atoms with Crippen molar-refractivity contribution in [1.29, 1.82) is 0 Å². The average molecular weight is 1340 g/mol. The molecule has 0 bridgehead atoms. The maximum Gasteiger partial charge on any atom is 0.472 e. The second-order valence-electron chi connectivity index (χ2n) is 25.3. The Bertz CT molecular complexity index is 1830. The van der Waals surface area contributed by atoms with Gasteiger partial charge in [-0.1, -0.05) is 302 Å². The van der Waals surface area contributed by atoms with Crippen molar-refractivity contribution in [3.63, 3.8) is 0 Å². The maximum atomic E-state index is 13.0. The fourth-order valence-corrected chi connectivity index (χ4v) is 12.1. The number of carbonyl (C=O) groups excluding carboxylic acids is 4. The average Bonchev–Trinajstić information content (AvgIpc) is 2.63. The third-order valence-electron chi connectivity index (χ3n) is 16.2. The summed E-state index contributed by atoms with van der Waals surface area (Å²) in [4.78, 5) is 72.3. The number of allylic oxidation sites excluding steroid dienone is 4. The van der Waals surface area contributed by atoms with Gasteiger partial charge in [0.25, 0.3) is 0 Å². The summed E-state index contributed by atoms with van der Waals surface area (Å²) in [6.45, 7) is 4.80. The molecule has 91 heavy (non-hydrogen) atoms. The van der Waals surface area contributed by atoms with Gasteiger partial charge in [-0.15, -0.1) is 0 Å². The van der Waals surface area contributed by atoms with E-state index in [1.807, 2.05) is 0 Å². The van der Waals surface area contributed by atoms with Gasteiger partial charge in [0.1, 0.15) is 19.3 Å². The number of aliphatic hydroxyl groups excluding tert-OH is 1. The molecule has 0 amide bonds. The minimum Gasteiger partial charge on any atom is -0.462 e. The standard InChI is InChI=1S/C72H136O17P2/c1-5-9-13-17-20-23-26-29-31-32-33-34-36-38-41-44-47-51-55-59-72(77)89-68(63-83-70(75)57-53-49-45-42-40-37-35-30-27-24-21-18-14-10-6-2)65-87-91(80,81)85-61-66(73)60-84-90(78,79)86-64-67(62-82-69(74)56-52-48-16-12-8-4)88-71(76)58-54-50-46-43-39-28-25-22-19-15-11-7-3/h24,27,30,35,66-68,73H,5-23,25-26,28-29,31-34,36-65H2,1-4H3,(H,78,79)(H,80,81)/b27-24-,35-30-/t66-,67+,68+/m0/s1. The van der Waals surface area contributed by atoms with E-state index in [1.165, 1.54) is 161 Å². The molecule has 0 spiro atoms. The van der Waals surface area contributed by atoms with E-state index in [0.29, 0.717) is 25.7 Å². The Hall–Kier alpha value is -2.46. The molecule has 2 unspecified atom stereocenters. The van der Waals surface area contributed by atoms with Gasteiger partial charge in [-0.05, 0) is 51.4 Å². The Kier molecular flexibility index (Phi) is 64.4. The van der Waals surface area contributed by atoms with E-state index >= 15 is 0 Å². The van der Waals surface area contributed by atoms with Crippen LogP contribution in [0.5, 0.6) is 0 Å². The van der Waals surface area contributed by atoms with Crippen LogP contribution in [0.25, 0.3) is 0 Å². The van der Waals surface area contributed by atoms with Crippen LogP contribution in [0, 0.1) is 0 Å². The molecule has 0 aromatic carbocycles. The van der Waals surface area contributed by atoms with Gasteiger partial charge in [0.15, 0.2) is 12.2 Å². The Morgan fingerprint density at radius 3 is 0.802 bits per heavy atom. The van der Waals surface area contributed by atoms with Crippen LogP contribution in [0.1, 0.15) is 355 Å². The molecule has 0 saturated carbocycles. The summed E-state index contributed by atoms with van der Waals surface area (Å²) in [7, 11) is -9.90. The van der Waals surface area contributed by atoms with Crippen LogP contribution in [0.3, 0.4) is 0 Å². The van der Waals surface area contributed by atoms with Crippen molar-refractivity contribution in [2.75, 3.05) is 39.6 Å². The summed E-state index contributed by atoms with van der Waals surface area (Å²) in [5, 5.41) is 10.6. The first kappa shape index (κ1) is 88.5. The van der Waals surface area contributed by atoms with Crippen LogP contribution < -0.4 is 0 Å². The molecule has 0 fully saturated rings. The van der Waals surface area contributed by atoms with Crippen molar-refractivity contribution in [3.8, 4) is 0 Å². The Labute approximate surface area is 554 Å².